The smallest absolute Gasteiger partial charge is 0.326 e. The Morgan fingerprint density at radius 3 is 1.56 bits per heavy atom. The van der Waals surface area contributed by atoms with Gasteiger partial charge in [0.1, 0.15) is 30.2 Å². The fourth-order valence-electron chi connectivity index (χ4n) is 3.48. The van der Waals surface area contributed by atoms with Crippen molar-refractivity contribution < 1.29 is 63.0 Å². The molecule has 268 valence electrons. The third kappa shape index (κ3) is 17.6. The minimum Gasteiger partial charge on any atom is -0.481 e. The summed E-state index contributed by atoms with van der Waals surface area (Å²) in [6.07, 6.45) is -2.18. The molecule has 0 aromatic carbocycles. The highest BCUT2D eigenvalue weighted by Crippen LogP contribution is 1.99. The first-order valence-electron chi connectivity index (χ1n) is 14.0. The highest BCUT2D eigenvalue weighted by Gasteiger charge is 2.29. The Kier molecular flexibility index (Phi) is 18.5. The summed E-state index contributed by atoms with van der Waals surface area (Å²) in [5.41, 5.74) is 15.2. The average Bonchev–Trinajstić information content (AvgIpc) is 2.98. The molecule has 48 heavy (non-hydrogen) atoms. The minimum atomic E-state index is -1.64. The number of nitrogens with two attached hydrogens (primary N) is 3. The first-order valence-corrected chi connectivity index (χ1v) is 14.0. The topological polar surface area (TPSA) is 390 Å². The lowest BCUT2D eigenvalue weighted by atomic mass is 10.1. The number of hydrogen-bond donors (Lipinski definition) is 12. The van der Waals surface area contributed by atoms with Crippen molar-refractivity contribution in [3.05, 3.63) is 0 Å². The quantitative estimate of drug-likeness (QED) is 0.0503. The second-order valence-corrected chi connectivity index (χ2v) is 10.1. The van der Waals surface area contributed by atoms with Gasteiger partial charge in [-0.3, -0.25) is 47.9 Å². The second-order valence-electron chi connectivity index (χ2n) is 10.1. The van der Waals surface area contributed by atoms with E-state index in [9.17, 15) is 52.7 Å². The van der Waals surface area contributed by atoms with Crippen LogP contribution in [0.3, 0.4) is 0 Å². The molecule has 0 spiro atoms. The molecule has 0 radical (unpaired) electrons. The summed E-state index contributed by atoms with van der Waals surface area (Å²) in [6, 6.07) is -7.39. The van der Waals surface area contributed by atoms with E-state index in [4.69, 9.17) is 27.4 Å². The molecule has 0 saturated carbocycles. The van der Waals surface area contributed by atoms with Gasteiger partial charge in [-0.05, 0) is 20.3 Å². The minimum absolute atomic E-state index is 0.297. The zero-order valence-corrected chi connectivity index (χ0v) is 26.0. The molecular weight excluding hydrogens is 648 g/mol. The molecule has 0 heterocycles. The van der Waals surface area contributed by atoms with Crippen LogP contribution in [-0.2, 0) is 52.7 Å². The molecule has 0 fully saturated rings. The predicted molar refractivity (Wildman–Crippen MR) is 158 cm³/mol. The third-order valence-electron chi connectivity index (χ3n) is 5.94. The van der Waals surface area contributed by atoms with E-state index in [2.05, 4.69) is 37.2 Å². The summed E-state index contributed by atoms with van der Waals surface area (Å²) in [6.45, 7) is 0.342. The van der Waals surface area contributed by atoms with E-state index in [1.165, 1.54) is 13.8 Å². The number of nitrogens with one attached hydrogen (secondary N) is 7. The van der Waals surface area contributed by atoms with Crippen LogP contribution in [0.15, 0.2) is 0 Å². The molecule has 0 bridgehead atoms. The van der Waals surface area contributed by atoms with Gasteiger partial charge in [0.15, 0.2) is 0 Å². The highest BCUT2D eigenvalue weighted by molar-refractivity contribution is 5.97. The van der Waals surface area contributed by atoms with Crippen LogP contribution in [0.4, 0.5) is 0 Å². The molecule has 15 N–H and O–H groups in total. The van der Waals surface area contributed by atoms with Gasteiger partial charge in [-0.25, -0.2) is 4.79 Å². The fraction of sp³-hybridized carbons (Fsp3) is 0.560. The van der Waals surface area contributed by atoms with Gasteiger partial charge in [-0.2, -0.15) is 0 Å². The number of aliphatic carboxylic acids is 2. The summed E-state index contributed by atoms with van der Waals surface area (Å²) in [5, 5.41) is 33.0. The monoisotopic (exact) mass is 688 g/mol. The number of primary amides is 2. The third-order valence-corrected chi connectivity index (χ3v) is 5.94. The number of carboxylic acid groups (broad SMARTS) is 2. The molecule has 0 aromatic rings. The van der Waals surface area contributed by atoms with Gasteiger partial charge >= 0.3 is 11.9 Å². The van der Waals surface area contributed by atoms with Gasteiger partial charge < -0.3 is 64.6 Å². The molecule has 5 atom stereocenters. The first-order chi connectivity index (χ1) is 22.3. The Morgan fingerprint density at radius 1 is 0.562 bits per heavy atom. The van der Waals surface area contributed by atoms with Crippen molar-refractivity contribution in [1.29, 1.82) is 0 Å². The number of amides is 9. The van der Waals surface area contributed by atoms with Gasteiger partial charge in [0.25, 0.3) is 0 Å². The Hall–Kier alpha value is -5.87. The SMILES string of the molecule is CC(NC(=O)CNC(=O)C(CC(=O)O)NC(=O)CN)C(=O)NC(CC(N)=O)C(=O)NC(C)C(=O)NCC(=O)NC(CCC(N)=O)C(=O)O. The van der Waals surface area contributed by atoms with Crippen molar-refractivity contribution in [2.75, 3.05) is 19.6 Å². The summed E-state index contributed by atoms with van der Waals surface area (Å²) in [4.78, 5) is 130. The molecule has 0 aliphatic heterocycles. The number of carbonyl (C=O) groups is 11. The van der Waals surface area contributed by atoms with Gasteiger partial charge in [-0.1, -0.05) is 0 Å². The summed E-state index contributed by atoms with van der Waals surface area (Å²) in [5.74, 6) is -11.5. The van der Waals surface area contributed by atoms with Crippen LogP contribution in [-0.4, -0.2) is 125 Å². The Morgan fingerprint density at radius 2 is 1.06 bits per heavy atom. The normalized spacial score (nSPS) is 13.5. The lowest BCUT2D eigenvalue weighted by Gasteiger charge is -2.22. The van der Waals surface area contributed by atoms with E-state index < -0.39 is 128 Å². The van der Waals surface area contributed by atoms with E-state index in [-0.39, 0.29) is 12.8 Å². The van der Waals surface area contributed by atoms with E-state index >= 15 is 0 Å². The predicted octanol–water partition coefficient (Wildman–Crippen LogP) is -7.66. The van der Waals surface area contributed by atoms with Crippen molar-refractivity contribution in [3.8, 4) is 0 Å². The number of carbonyl (C=O) groups excluding carboxylic acids is 9. The molecule has 0 aliphatic carbocycles. The summed E-state index contributed by atoms with van der Waals surface area (Å²) < 4.78 is 0. The van der Waals surface area contributed by atoms with Crippen LogP contribution >= 0.6 is 0 Å². The van der Waals surface area contributed by atoms with Crippen molar-refractivity contribution >= 4 is 65.1 Å². The van der Waals surface area contributed by atoms with Crippen LogP contribution in [0.1, 0.15) is 39.5 Å². The van der Waals surface area contributed by atoms with Gasteiger partial charge in [0, 0.05) is 6.42 Å². The van der Waals surface area contributed by atoms with Crippen LogP contribution in [0.25, 0.3) is 0 Å². The summed E-state index contributed by atoms with van der Waals surface area (Å²) in [7, 11) is 0. The fourth-order valence-corrected chi connectivity index (χ4v) is 3.48. The first kappa shape index (κ1) is 42.1. The molecule has 0 rings (SSSR count). The lowest BCUT2D eigenvalue weighted by molar-refractivity contribution is -0.142. The zero-order chi connectivity index (χ0) is 37.1. The Balaban J connectivity index is 5.11. The van der Waals surface area contributed by atoms with Crippen molar-refractivity contribution in [2.24, 2.45) is 17.2 Å². The maximum atomic E-state index is 12.8. The van der Waals surface area contributed by atoms with Crippen LogP contribution in [0.5, 0.6) is 0 Å². The molecule has 23 heteroatoms. The van der Waals surface area contributed by atoms with Crippen LogP contribution in [0.2, 0.25) is 0 Å². The maximum absolute atomic E-state index is 12.8. The molecule has 9 amide bonds. The highest BCUT2D eigenvalue weighted by atomic mass is 16.4. The van der Waals surface area contributed by atoms with E-state index in [0.717, 1.165) is 0 Å². The maximum Gasteiger partial charge on any atom is 0.326 e. The van der Waals surface area contributed by atoms with Gasteiger partial charge in [-0.15, -0.1) is 0 Å². The van der Waals surface area contributed by atoms with Gasteiger partial charge in [0.05, 0.1) is 32.5 Å². The van der Waals surface area contributed by atoms with Crippen LogP contribution < -0.4 is 54.4 Å². The number of rotatable bonds is 22. The second kappa shape index (κ2) is 21.0. The Labute approximate surface area is 272 Å². The molecule has 0 saturated heterocycles. The number of carboxylic acids is 2. The molecular formula is C25H40N10O13. The Bertz CT molecular complexity index is 1270. The summed E-state index contributed by atoms with van der Waals surface area (Å²) >= 11 is 0. The van der Waals surface area contributed by atoms with Crippen molar-refractivity contribution in [1.82, 2.24) is 37.2 Å². The standard InChI is InChI=1S/C25H40N10O13/c1-10(21(43)29-9-19(40)33-12(25(47)48)3-4-15(27)36)32-24(46)13(5-16(28)37)35-22(44)11(2)31-18(39)8-30-23(45)14(6-20(41)42)34-17(38)7-26/h10-14H,3-9,26H2,1-2H3,(H2,27,36)(H2,28,37)(H,29,43)(H,30,45)(H,31,39)(H,32,46)(H,33,40)(H,34,38)(H,35,44)(H,41,42)(H,47,48). The molecule has 0 aliphatic rings. The van der Waals surface area contributed by atoms with Crippen molar-refractivity contribution in [2.45, 2.75) is 69.7 Å². The van der Waals surface area contributed by atoms with E-state index in [1.54, 1.807) is 0 Å². The molecule has 0 aromatic heterocycles. The average molecular weight is 689 g/mol. The molecule has 5 unspecified atom stereocenters. The van der Waals surface area contributed by atoms with Gasteiger partial charge in [0.2, 0.25) is 53.2 Å². The zero-order valence-electron chi connectivity index (χ0n) is 26.0. The number of hydrogen-bond acceptors (Lipinski definition) is 12. The van der Waals surface area contributed by atoms with Crippen LogP contribution in [0, 0.1) is 0 Å². The lowest BCUT2D eigenvalue weighted by Crippen LogP contribution is -2.57. The van der Waals surface area contributed by atoms with E-state index in [0.29, 0.717) is 0 Å². The molecule has 23 nitrogen and oxygen atoms in total. The van der Waals surface area contributed by atoms with E-state index in [1.807, 2.05) is 0 Å². The van der Waals surface area contributed by atoms with Crippen molar-refractivity contribution in [3.63, 3.8) is 0 Å². The largest absolute Gasteiger partial charge is 0.481 e.